The number of allylic oxidation sites excluding steroid dienone is 18. The molecule has 0 bridgehead atoms. The van der Waals surface area contributed by atoms with Crippen LogP contribution in [0.3, 0.4) is 0 Å². The molecule has 0 rings (SSSR count). The summed E-state index contributed by atoms with van der Waals surface area (Å²) >= 11 is 0. The van der Waals surface area contributed by atoms with Gasteiger partial charge in [0, 0.05) is 12.8 Å². The number of phosphoric acid groups is 1. The summed E-state index contributed by atoms with van der Waals surface area (Å²) in [7, 11) is 1.13. The second-order valence-corrected chi connectivity index (χ2v) is 29.1. The molecule has 10 heteroatoms. The molecule has 0 radical (unpaired) electrons. The minimum atomic E-state index is -4.67. The second kappa shape index (κ2) is 73.9. The zero-order chi connectivity index (χ0) is 68.3. The van der Waals surface area contributed by atoms with Crippen molar-refractivity contribution in [1.29, 1.82) is 0 Å². The molecule has 0 amide bonds. The molecule has 0 aromatic carbocycles. The van der Waals surface area contributed by atoms with Crippen LogP contribution in [0.5, 0.6) is 0 Å². The molecular formula is C84H150NO8P. The van der Waals surface area contributed by atoms with Gasteiger partial charge in [0.25, 0.3) is 7.82 Å². The lowest BCUT2D eigenvalue weighted by Crippen LogP contribution is -2.37. The van der Waals surface area contributed by atoms with Crippen LogP contribution in [0.2, 0.25) is 0 Å². The number of hydrogen-bond donors (Lipinski definition) is 0. The van der Waals surface area contributed by atoms with Crippen molar-refractivity contribution in [3.8, 4) is 0 Å². The van der Waals surface area contributed by atoms with Crippen LogP contribution >= 0.6 is 7.82 Å². The molecule has 9 nitrogen and oxygen atoms in total. The van der Waals surface area contributed by atoms with E-state index in [4.69, 9.17) is 18.5 Å². The molecule has 0 spiro atoms. The SMILES string of the molecule is CC/C=C\C/C=C\C/C=C\C/C=C\C/C=C\C/C=C\C/C=C\C/C=C\C/C=C\CCCC(=O)OC(COC(=O)CCCCCCCCCCCCCCCCCCCCCCCCCCCCCCCCCCCCCCCCCCC)COP(=O)([O-])OCC[N+](C)(C)C. The van der Waals surface area contributed by atoms with E-state index in [-0.39, 0.29) is 26.1 Å². The van der Waals surface area contributed by atoms with Gasteiger partial charge in [-0.25, -0.2) is 0 Å². The van der Waals surface area contributed by atoms with Crippen LogP contribution in [0, 0.1) is 0 Å². The maximum Gasteiger partial charge on any atom is 0.306 e. The Morgan fingerprint density at radius 2 is 0.606 bits per heavy atom. The fraction of sp³-hybridized carbons (Fsp3) is 0.762. The molecule has 2 atom stereocenters. The smallest absolute Gasteiger partial charge is 0.306 e. The van der Waals surface area contributed by atoms with Gasteiger partial charge in [-0.05, 0) is 77.0 Å². The first-order valence-corrected chi connectivity index (χ1v) is 41.1. The Morgan fingerprint density at radius 3 is 0.894 bits per heavy atom. The molecule has 0 aliphatic heterocycles. The Balaban J connectivity index is 3.99. The van der Waals surface area contributed by atoms with Crippen LogP contribution in [0.25, 0.3) is 0 Å². The largest absolute Gasteiger partial charge is 0.756 e. The van der Waals surface area contributed by atoms with Crippen LogP contribution in [0.1, 0.15) is 361 Å². The Hall–Kier alpha value is -3.33. The molecule has 0 heterocycles. The highest BCUT2D eigenvalue weighted by molar-refractivity contribution is 7.45. The van der Waals surface area contributed by atoms with E-state index in [1.807, 2.05) is 27.2 Å². The lowest BCUT2D eigenvalue weighted by molar-refractivity contribution is -0.870. The number of likely N-dealkylation sites (N-methyl/N-ethyl adjacent to an activating group) is 1. The predicted molar refractivity (Wildman–Crippen MR) is 406 cm³/mol. The fourth-order valence-electron chi connectivity index (χ4n) is 11.3. The zero-order valence-corrected chi connectivity index (χ0v) is 63.0. The van der Waals surface area contributed by atoms with E-state index in [0.29, 0.717) is 23.9 Å². The number of hydrogen-bond acceptors (Lipinski definition) is 8. The van der Waals surface area contributed by atoms with Gasteiger partial charge in [0.15, 0.2) is 6.10 Å². The summed E-state index contributed by atoms with van der Waals surface area (Å²) in [6, 6.07) is 0. The summed E-state index contributed by atoms with van der Waals surface area (Å²) in [6.07, 6.45) is 105. The maximum atomic E-state index is 12.8. The van der Waals surface area contributed by atoms with Crippen LogP contribution in [0.4, 0.5) is 0 Å². The van der Waals surface area contributed by atoms with Crippen molar-refractivity contribution in [2.75, 3.05) is 47.5 Å². The Kier molecular flexibility index (Phi) is 71.3. The standard InChI is InChI=1S/C84H150NO8P/c1-6-8-10-12-14-16-18-20-22-24-26-28-30-32-34-36-37-38-39-40-41-42-43-44-45-46-47-49-50-52-54-56-58-60-62-64-66-68-70-72-74-76-83(86)90-80-82(81-92-94(88,89)91-79-78-85(3,4)5)93-84(87)77-75-73-71-69-67-65-63-61-59-57-55-53-51-48-35-33-31-29-27-25-23-21-19-17-15-13-11-9-7-2/h9,11,15,17,21,23,27,29,33,35,51,53,57,59,63,65,69,71,82H,6-8,10,12-14,16,18-20,22,24-26,28,30-32,34,36-50,52,54-56,58,60-62,64,66-68,70,72-81H2,1-5H3/b11-9-,17-15-,23-21-,29-27-,35-33-,53-51-,59-57-,65-63-,71-69-. The first-order chi connectivity index (χ1) is 46.0. The first-order valence-electron chi connectivity index (χ1n) is 39.6. The van der Waals surface area contributed by atoms with Crippen molar-refractivity contribution in [2.45, 2.75) is 367 Å². The van der Waals surface area contributed by atoms with Crippen LogP contribution in [-0.2, 0) is 32.7 Å². The molecule has 0 N–H and O–H groups in total. The van der Waals surface area contributed by atoms with Crippen LogP contribution in [0.15, 0.2) is 109 Å². The lowest BCUT2D eigenvalue weighted by atomic mass is 10.0. The molecule has 0 aliphatic carbocycles. The number of rotatable bonds is 73. The Morgan fingerprint density at radius 1 is 0.340 bits per heavy atom. The summed E-state index contributed by atoms with van der Waals surface area (Å²) < 4.78 is 34.3. The molecule has 0 fully saturated rings. The number of nitrogens with zero attached hydrogens (tertiary/aromatic N) is 1. The maximum absolute atomic E-state index is 12.8. The van der Waals surface area contributed by atoms with Gasteiger partial charge >= 0.3 is 11.9 Å². The van der Waals surface area contributed by atoms with Gasteiger partial charge in [-0.1, -0.05) is 380 Å². The van der Waals surface area contributed by atoms with Gasteiger partial charge in [0.2, 0.25) is 0 Å². The minimum absolute atomic E-state index is 0.0460. The molecule has 0 aliphatic rings. The average Bonchev–Trinajstić information content (AvgIpc) is 1.65. The molecule has 0 saturated carbocycles. The number of esters is 2. The monoisotopic (exact) mass is 1330 g/mol. The molecule has 2 unspecified atom stereocenters. The second-order valence-electron chi connectivity index (χ2n) is 27.7. The molecule has 94 heavy (non-hydrogen) atoms. The molecule has 544 valence electrons. The van der Waals surface area contributed by atoms with E-state index >= 15 is 0 Å². The van der Waals surface area contributed by atoms with E-state index < -0.39 is 32.5 Å². The fourth-order valence-corrected chi connectivity index (χ4v) is 12.0. The summed E-state index contributed by atoms with van der Waals surface area (Å²) in [5.74, 6) is -0.897. The van der Waals surface area contributed by atoms with Crippen molar-refractivity contribution < 1.29 is 42.1 Å². The van der Waals surface area contributed by atoms with Gasteiger partial charge in [0.1, 0.15) is 19.8 Å². The van der Waals surface area contributed by atoms with Gasteiger partial charge in [0.05, 0.1) is 27.7 Å². The third kappa shape index (κ3) is 77.7. The third-order valence-electron chi connectivity index (χ3n) is 17.3. The molecule has 0 aromatic heterocycles. The van der Waals surface area contributed by atoms with Crippen molar-refractivity contribution in [3.05, 3.63) is 109 Å². The van der Waals surface area contributed by atoms with Gasteiger partial charge < -0.3 is 27.9 Å². The predicted octanol–water partition coefficient (Wildman–Crippen LogP) is 25.8. The number of unbranched alkanes of at least 4 members (excludes halogenated alkanes) is 41. The van der Waals surface area contributed by atoms with Gasteiger partial charge in [-0.15, -0.1) is 0 Å². The highest BCUT2D eigenvalue weighted by atomic mass is 31.2. The first kappa shape index (κ1) is 90.7. The van der Waals surface area contributed by atoms with Gasteiger partial charge in [-0.2, -0.15) is 0 Å². The summed E-state index contributed by atoms with van der Waals surface area (Å²) in [5, 5.41) is 0. The number of ether oxygens (including phenoxy) is 2. The van der Waals surface area contributed by atoms with Crippen molar-refractivity contribution in [1.82, 2.24) is 0 Å². The molecule has 0 aromatic rings. The molecule has 0 saturated heterocycles. The zero-order valence-electron chi connectivity index (χ0n) is 62.1. The number of phosphoric ester groups is 1. The summed E-state index contributed by atoms with van der Waals surface area (Å²) in [4.78, 5) is 38.1. The Bertz CT molecular complexity index is 1960. The number of carbonyl (C=O) groups is 2. The van der Waals surface area contributed by atoms with E-state index in [1.165, 1.54) is 244 Å². The number of carbonyl (C=O) groups excluding carboxylic acids is 2. The van der Waals surface area contributed by atoms with Crippen molar-refractivity contribution in [3.63, 3.8) is 0 Å². The summed E-state index contributed by atoms with van der Waals surface area (Å²) in [6.45, 7) is 4.10. The highest BCUT2D eigenvalue weighted by Gasteiger charge is 2.22. The van der Waals surface area contributed by atoms with Crippen LogP contribution < -0.4 is 4.89 Å². The van der Waals surface area contributed by atoms with E-state index in [1.54, 1.807) is 0 Å². The highest BCUT2D eigenvalue weighted by Crippen LogP contribution is 2.38. The van der Waals surface area contributed by atoms with Crippen molar-refractivity contribution >= 4 is 19.8 Å². The van der Waals surface area contributed by atoms with Gasteiger partial charge in [-0.3, -0.25) is 14.2 Å². The van der Waals surface area contributed by atoms with E-state index in [2.05, 4.69) is 117 Å². The van der Waals surface area contributed by atoms with E-state index in [0.717, 1.165) is 77.0 Å². The third-order valence-corrected chi connectivity index (χ3v) is 18.3. The lowest BCUT2D eigenvalue weighted by Gasteiger charge is -2.28. The minimum Gasteiger partial charge on any atom is -0.756 e. The molecular weight excluding hydrogens is 1180 g/mol. The quantitative estimate of drug-likeness (QED) is 0.0195. The summed E-state index contributed by atoms with van der Waals surface area (Å²) in [5.41, 5.74) is 0. The van der Waals surface area contributed by atoms with Crippen LogP contribution in [-0.4, -0.2) is 70.0 Å². The number of quaternary nitrogens is 1. The topological polar surface area (TPSA) is 111 Å². The Labute approximate surface area is 582 Å². The normalized spacial score (nSPS) is 13.6. The van der Waals surface area contributed by atoms with E-state index in [9.17, 15) is 19.0 Å². The van der Waals surface area contributed by atoms with Crippen molar-refractivity contribution in [2.24, 2.45) is 0 Å². The average molecular weight is 1330 g/mol.